The Morgan fingerprint density at radius 3 is 2.44 bits per heavy atom. The van der Waals surface area contributed by atoms with Crippen LogP contribution in [0.4, 0.5) is 16.0 Å². The van der Waals surface area contributed by atoms with Gasteiger partial charge in [-0.1, -0.05) is 12.1 Å². The van der Waals surface area contributed by atoms with E-state index in [4.69, 9.17) is 11.5 Å². The number of aromatic nitrogens is 6. The van der Waals surface area contributed by atoms with Crippen LogP contribution in [0.2, 0.25) is 0 Å². The number of nitrogen functional groups attached to an aromatic ring is 1. The van der Waals surface area contributed by atoms with Gasteiger partial charge in [-0.2, -0.15) is 5.10 Å². The summed E-state index contributed by atoms with van der Waals surface area (Å²) in [6, 6.07) is 10.3. The van der Waals surface area contributed by atoms with Crippen LogP contribution in [0.5, 0.6) is 0 Å². The zero-order chi connectivity index (χ0) is 31.7. The second-order valence-electron chi connectivity index (χ2n) is 10.7. The third kappa shape index (κ3) is 5.90. The lowest BCUT2D eigenvalue weighted by Gasteiger charge is -2.22. The zero-order valence-electron chi connectivity index (χ0n) is 24.2. The number of carbonyl (C=O) groups is 2. The molecule has 0 radical (unpaired) electrons. The van der Waals surface area contributed by atoms with Crippen LogP contribution in [-0.2, 0) is 7.05 Å². The van der Waals surface area contributed by atoms with Crippen molar-refractivity contribution in [3.63, 3.8) is 0 Å². The largest absolute Gasteiger partial charge is 0.383 e. The molecule has 45 heavy (non-hydrogen) atoms. The number of benzene rings is 1. The number of rotatable bonds is 7. The van der Waals surface area contributed by atoms with Gasteiger partial charge in [-0.05, 0) is 61.8 Å². The van der Waals surface area contributed by atoms with E-state index in [-0.39, 0.29) is 34.0 Å². The molecule has 0 spiro atoms. The molecular weight excluding hydrogens is 579 g/mol. The van der Waals surface area contributed by atoms with Gasteiger partial charge in [0, 0.05) is 42.3 Å². The van der Waals surface area contributed by atoms with E-state index in [1.165, 1.54) is 36.0 Å². The highest BCUT2D eigenvalue weighted by Crippen LogP contribution is 2.30. The topological polar surface area (TPSA) is 189 Å². The molecule has 1 aliphatic rings. The molecule has 2 amide bonds. The van der Waals surface area contributed by atoms with Crippen molar-refractivity contribution in [1.82, 2.24) is 34.8 Å². The molecule has 1 aromatic carbocycles. The Kier molecular flexibility index (Phi) is 7.87. The lowest BCUT2D eigenvalue weighted by molar-refractivity contribution is 0.0986. The molecule has 228 valence electrons. The normalized spacial score (nSPS) is 13.5. The van der Waals surface area contributed by atoms with Crippen LogP contribution in [0.25, 0.3) is 33.5 Å². The van der Waals surface area contributed by atoms with Gasteiger partial charge in [-0.15, -0.1) is 10.2 Å². The Balaban J connectivity index is 1.25. The minimum atomic E-state index is -0.879. The van der Waals surface area contributed by atoms with Crippen molar-refractivity contribution in [3.8, 4) is 33.5 Å². The summed E-state index contributed by atoms with van der Waals surface area (Å²) in [6.07, 6.45) is 8.69. The first-order valence-corrected chi connectivity index (χ1v) is 14.1. The van der Waals surface area contributed by atoms with Gasteiger partial charge in [0.05, 0.1) is 23.5 Å². The molecule has 0 atom stereocenters. The van der Waals surface area contributed by atoms with Crippen molar-refractivity contribution in [2.75, 3.05) is 24.1 Å². The molecule has 0 saturated carbocycles. The van der Waals surface area contributed by atoms with E-state index in [1.807, 2.05) is 16.9 Å². The third-order valence-electron chi connectivity index (χ3n) is 7.71. The predicted molar refractivity (Wildman–Crippen MR) is 166 cm³/mol. The number of hydrogen-bond acceptors (Lipinski definition) is 9. The lowest BCUT2D eigenvalue weighted by Crippen LogP contribution is -2.30. The Labute approximate surface area is 256 Å². The van der Waals surface area contributed by atoms with Crippen LogP contribution in [-0.4, -0.2) is 54.4 Å². The molecule has 4 aromatic heterocycles. The SMILES string of the molecule is Cn1cc(C(=O)Nc2ccc(-c3cc(-c4cnn(C5CCNCC5)c4)cnc3N)nn2)c(=O)c(-c2ccc(F)cc2)c1C(N)=O. The summed E-state index contributed by atoms with van der Waals surface area (Å²) in [7, 11) is 1.48. The quantitative estimate of drug-likeness (QED) is 0.215. The zero-order valence-corrected chi connectivity index (χ0v) is 24.2. The summed E-state index contributed by atoms with van der Waals surface area (Å²) in [6.45, 7) is 1.91. The smallest absolute Gasteiger partial charge is 0.266 e. The maximum Gasteiger partial charge on any atom is 0.266 e. The summed E-state index contributed by atoms with van der Waals surface area (Å²) >= 11 is 0. The molecule has 5 heterocycles. The average molecular weight is 609 g/mol. The monoisotopic (exact) mass is 608 g/mol. The molecule has 0 bridgehead atoms. The molecule has 6 rings (SSSR count). The summed E-state index contributed by atoms with van der Waals surface area (Å²) < 4.78 is 16.8. The number of halogens is 1. The highest BCUT2D eigenvalue weighted by molar-refractivity contribution is 6.06. The number of hydrogen-bond donors (Lipinski definition) is 4. The molecular formula is C31H29FN10O3. The Hall–Kier alpha value is -5.76. The first-order valence-electron chi connectivity index (χ1n) is 14.1. The number of anilines is 2. The number of piperidine rings is 1. The number of nitrogens with one attached hydrogen (secondary N) is 2. The van der Waals surface area contributed by atoms with E-state index in [9.17, 15) is 18.8 Å². The summed E-state index contributed by atoms with van der Waals surface area (Å²) in [5.74, 6) is -1.87. The van der Waals surface area contributed by atoms with Crippen LogP contribution >= 0.6 is 0 Å². The maximum atomic E-state index is 13.5. The highest BCUT2D eigenvalue weighted by Gasteiger charge is 2.24. The van der Waals surface area contributed by atoms with Crippen molar-refractivity contribution in [2.24, 2.45) is 12.8 Å². The van der Waals surface area contributed by atoms with E-state index in [2.05, 4.69) is 30.9 Å². The molecule has 6 N–H and O–H groups in total. The van der Waals surface area contributed by atoms with Gasteiger partial charge in [-0.25, -0.2) is 9.37 Å². The van der Waals surface area contributed by atoms with Crippen LogP contribution in [0.15, 0.2) is 72.0 Å². The van der Waals surface area contributed by atoms with Crippen molar-refractivity contribution in [2.45, 2.75) is 18.9 Å². The maximum absolute atomic E-state index is 13.5. The second kappa shape index (κ2) is 12.1. The van der Waals surface area contributed by atoms with Gasteiger partial charge in [-0.3, -0.25) is 19.1 Å². The summed E-state index contributed by atoms with van der Waals surface area (Å²) in [4.78, 5) is 43.2. The molecule has 0 aliphatic carbocycles. The number of aryl methyl sites for hydroxylation is 1. The van der Waals surface area contributed by atoms with Gasteiger partial charge < -0.3 is 26.7 Å². The van der Waals surface area contributed by atoms with Crippen LogP contribution in [0.3, 0.4) is 0 Å². The van der Waals surface area contributed by atoms with Gasteiger partial charge in [0.25, 0.3) is 11.8 Å². The van der Waals surface area contributed by atoms with Gasteiger partial charge in [0.15, 0.2) is 5.82 Å². The first-order chi connectivity index (χ1) is 21.7. The van der Waals surface area contributed by atoms with E-state index in [0.29, 0.717) is 17.3 Å². The lowest BCUT2D eigenvalue weighted by atomic mass is 10.00. The standard InChI is InChI=1S/C31H29FN10O3/c1-41-16-23(28(43)26(27(41)30(34)44)17-2-4-20(32)5-3-17)31(45)38-25-7-6-24(39-40-25)22-12-18(13-36-29(22)33)19-14-37-42(15-19)21-8-10-35-11-9-21/h2-7,12-16,21,35H,8-11H2,1H3,(H2,33,36)(H2,34,44)(H,38,40,45). The van der Waals surface area contributed by atoms with Gasteiger partial charge >= 0.3 is 0 Å². The fourth-order valence-corrected chi connectivity index (χ4v) is 5.40. The number of nitrogens with zero attached hydrogens (tertiary/aromatic N) is 6. The van der Waals surface area contributed by atoms with E-state index in [0.717, 1.165) is 49.2 Å². The van der Waals surface area contributed by atoms with Crippen molar-refractivity contribution in [1.29, 1.82) is 0 Å². The Morgan fingerprint density at radius 2 is 1.76 bits per heavy atom. The number of amides is 2. The summed E-state index contributed by atoms with van der Waals surface area (Å²) in [5, 5.41) is 18.8. The van der Waals surface area contributed by atoms with Crippen LogP contribution in [0.1, 0.15) is 39.7 Å². The molecule has 14 heteroatoms. The predicted octanol–water partition coefficient (Wildman–Crippen LogP) is 2.76. The van der Waals surface area contributed by atoms with Crippen LogP contribution < -0.4 is 27.5 Å². The molecule has 13 nitrogen and oxygen atoms in total. The molecule has 0 unspecified atom stereocenters. The minimum Gasteiger partial charge on any atom is -0.383 e. The highest BCUT2D eigenvalue weighted by atomic mass is 19.1. The van der Waals surface area contributed by atoms with Gasteiger partial charge in [0.1, 0.15) is 22.9 Å². The number of primary amides is 1. The number of nitrogens with two attached hydrogens (primary N) is 2. The average Bonchev–Trinajstić information content (AvgIpc) is 3.54. The Bertz CT molecular complexity index is 1960. The number of carbonyl (C=O) groups excluding carboxylic acids is 2. The fraction of sp³-hybridized carbons (Fsp3) is 0.194. The molecule has 1 aliphatic heterocycles. The second-order valence-corrected chi connectivity index (χ2v) is 10.7. The summed E-state index contributed by atoms with van der Waals surface area (Å²) in [5.41, 5.74) is 13.3. The fourth-order valence-electron chi connectivity index (χ4n) is 5.40. The van der Waals surface area contributed by atoms with E-state index >= 15 is 0 Å². The van der Waals surface area contributed by atoms with E-state index in [1.54, 1.807) is 18.5 Å². The first kappa shape index (κ1) is 29.3. The van der Waals surface area contributed by atoms with Crippen molar-refractivity contribution >= 4 is 23.5 Å². The van der Waals surface area contributed by atoms with Crippen molar-refractivity contribution in [3.05, 3.63) is 94.5 Å². The molecule has 1 saturated heterocycles. The number of pyridine rings is 2. The van der Waals surface area contributed by atoms with E-state index < -0.39 is 23.1 Å². The molecule has 5 aromatic rings. The third-order valence-corrected chi connectivity index (χ3v) is 7.71. The van der Waals surface area contributed by atoms with Crippen LogP contribution in [0, 0.1) is 5.82 Å². The molecule has 1 fully saturated rings. The minimum absolute atomic E-state index is 0.0686. The van der Waals surface area contributed by atoms with Gasteiger partial charge in [0.2, 0.25) is 5.43 Å². The Morgan fingerprint density at radius 1 is 1.00 bits per heavy atom. The van der Waals surface area contributed by atoms with Crippen molar-refractivity contribution < 1.29 is 14.0 Å².